The Morgan fingerprint density at radius 3 is 2.94 bits per heavy atom. The van der Waals surface area contributed by atoms with E-state index in [1.165, 1.54) is 0 Å². The molecule has 0 bridgehead atoms. The van der Waals surface area contributed by atoms with Crippen LogP contribution in [0.5, 0.6) is 5.88 Å². The monoisotopic (exact) mass is 221 g/mol. The van der Waals surface area contributed by atoms with Gasteiger partial charge in [0.05, 0.1) is 0 Å². The molecule has 0 aromatic carbocycles. The summed E-state index contributed by atoms with van der Waals surface area (Å²) in [6.07, 6.45) is 4.94. The van der Waals surface area contributed by atoms with Gasteiger partial charge in [0.15, 0.2) is 0 Å². The SMILES string of the molecule is C/C=C/COc1cc(C)nc(NCCC)n1. The number of aryl methyl sites for hydroxylation is 1. The molecule has 88 valence electrons. The zero-order valence-corrected chi connectivity index (χ0v) is 10.2. The van der Waals surface area contributed by atoms with E-state index >= 15 is 0 Å². The molecule has 0 spiro atoms. The lowest BCUT2D eigenvalue weighted by Gasteiger charge is -2.07. The smallest absolute Gasteiger partial charge is 0.226 e. The molecular formula is C12H19N3O. The number of hydrogen-bond acceptors (Lipinski definition) is 4. The van der Waals surface area contributed by atoms with Crippen molar-refractivity contribution in [1.29, 1.82) is 0 Å². The average Bonchev–Trinajstić information content (AvgIpc) is 2.26. The predicted molar refractivity (Wildman–Crippen MR) is 65.9 cm³/mol. The average molecular weight is 221 g/mol. The molecule has 0 radical (unpaired) electrons. The van der Waals surface area contributed by atoms with Crippen molar-refractivity contribution in [2.45, 2.75) is 27.2 Å². The second-order valence-corrected chi connectivity index (χ2v) is 3.48. The van der Waals surface area contributed by atoms with Gasteiger partial charge in [-0.25, -0.2) is 4.98 Å². The van der Waals surface area contributed by atoms with Crippen molar-refractivity contribution in [2.75, 3.05) is 18.5 Å². The summed E-state index contributed by atoms with van der Waals surface area (Å²) < 4.78 is 5.47. The fraction of sp³-hybridized carbons (Fsp3) is 0.500. The summed E-state index contributed by atoms with van der Waals surface area (Å²) in [5.41, 5.74) is 0.907. The van der Waals surface area contributed by atoms with Crippen molar-refractivity contribution in [3.8, 4) is 5.88 Å². The van der Waals surface area contributed by atoms with Gasteiger partial charge in [-0.1, -0.05) is 19.1 Å². The van der Waals surface area contributed by atoms with E-state index in [0.29, 0.717) is 18.4 Å². The largest absolute Gasteiger partial charge is 0.473 e. The molecule has 0 aliphatic carbocycles. The van der Waals surface area contributed by atoms with Gasteiger partial charge in [-0.05, 0) is 20.3 Å². The molecular weight excluding hydrogens is 202 g/mol. The Balaban J connectivity index is 2.65. The van der Waals surface area contributed by atoms with Crippen LogP contribution in [0.1, 0.15) is 26.0 Å². The van der Waals surface area contributed by atoms with Crippen LogP contribution in [-0.4, -0.2) is 23.1 Å². The van der Waals surface area contributed by atoms with E-state index in [0.717, 1.165) is 18.7 Å². The quantitative estimate of drug-likeness (QED) is 0.750. The molecule has 4 heteroatoms. The standard InChI is InChI=1S/C12H19N3O/c1-4-6-8-16-11-9-10(3)14-12(15-11)13-7-5-2/h4,6,9H,5,7-8H2,1-3H3,(H,13,14,15)/b6-4+. The summed E-state index contributed by atoms with van der Waals surface area (Å²) in [7, 11) is 0. The van der Waals surface area contributed by atoms with Crippen LogP contribution in [0.15, 0.2) is 18.2 Å². The number of rotatable bonds is 6. The Morgan fingerprint density at radius 2 is 2.25 bits per heavy atom. The molecule has 0 unspecified atom stereocenters. The molecule has 1 aromatic heterocycles. The van der Waals surface area contributed by atoms with Gasteiger partial charge in [-0.2, -0.15) is 4.98 Å². The van der Waals surface area contributed by atoms with Gasteiger partial charge in [-0.3, -0.25) is 0 Å². The predicted octanol–water partition coefficient (Wildman–Crippen LogP) is 2.56. The minimum absolute atomic E-state index is 0.542. The Kier molecular flexibility index (Phi) is 5.32. The van der Waals surface area contributed by atoms with E-state index in [1.807, 2.05) is 32.1 Å². The molecule has 0 fully saturated rings. The summed E-state index contributed by atoms with van der Waals surface area (Å²) in [5, 5.41) is 3.15. The molecule has 16 heavy (non-hydrogen) atoms. The van der Waals surface area contributed by atoms with Crippen LogP contribution in [0.4, 0.5) is 5.95 Å². The molecule has 0 amide bonds. The Labute approximate surface area is 96.8 Å². The first-order valence-corrected chi connectivity index (χ1v) is 5.59. The van der Waals surface area contributed by atoms with Crippen LogP contribution in [0.3, 0.4) is 0 Å². The molecule has 0 aliphatic heterocycles. The maximum Gasteiger partial charge on any atom is 0.226 e. The van der Waals surface area contributed by atoms with Crippen LogP contribution >= 0.6 is 0 Å². The van der Waals surface area contributed by atoms with E-state index < -0.39 is 0 Å². The third-order valence-corrected chi connectivity index (χ3v) is 1.93. The Hall–Kier alpha value is -1.58. The summed E-state index contributed by atoms with van der Waals surface area (Å²) in [5.74, 6) is 1.25. The summed E-state index contributed by atoms with van der Waals surface area (Å²) in [6, 6.07) is 1.83. The lowest BCUT2D eigenvalue weighted by molar-refractivity contribution is 0.347. The van der Waals surface area contributed by atoms with Crippen LogP contribution in [0, 0.1) is 6.92 Å². The fourth-order valence-electron chi connectivity index (χ4n) is 1.16. The maximum atomic E-state index is 5.47. The van der Waals surface area contributed by atoms with E-state index in [1.54, 1.807) is 0 Å². The minimum atomic E-state index is 0.542. The molecule has 1 N–H and O–H groups in total. The molecule has 0 atom stereocenters. The van der Waals surface area contributed by atoms with Crippen molar-refractivity contribution in [3.63, 3.8) is 0 Å². The summed E-state index contributed by atoms with van der Waals surface area (Å²) in [4.78, 5) is 8.54. The Morgan fingerprint density at radius 1 is 1.44 bits per heavy atom. The minimum Gasteiger partial charge on any atom is -0.473 e. The number of allylic oxidation sites excluding steroid dienone is 1. The molecule has 1 aromatic rings. The van der Waals surface area contributed by atoms with Crippen LogP contribution in [-0.2, 0) is 0 Å². The fourth-order valence-corrected chi connectivity index (χ4v) is 1.16. The van der Waals surface area contributed by atoms with Crippen molar-refractivity contribution in [2.24, 2.45) is 0 Å². The van der Waals surface area contributed by atoms with Gasteiger partial charge in [-0.15, -0.1) is 0 Å². The molecule has 0 saturated carbocycles. The Bertz CT molecular complexity index is 350. The highest BCUT2D eigenvalue weighted by molar-refractivity contribution is 5.30. The highest BCUT2D eigenvalue weighted by atomic mass is 16.5. The molecule has 1 heterocycles. The lowest BCUT2D eigenvalue weighted by Crippen LogP contribution is -2.06. The first-order valence-electron chi connectivity index (χ1n) is 5.59. The topological polar surface area (TPSA) is 47.0 Å². The number of aromatic nitrogens is 2. The van der Waals surface area contributed by atoms with Gasteiger partial charge in [0.1, 0.15) is 6.61 Å². The van der Waals surface area contributed by atoms with Gasteiger partial charge in [0.25, 0.3) is 0 Å². The number of anilines is 1. The third kappa shape index (κ3) is 4.29. The van der Waals surface area contributed by atoms with Crippen LogP contribution in [0.25, 0.3) is 0 Å². The lowest BCUT2D eigenvalue weighted by atomic mass is 10.4. The van der Waals surface area contributed by atoms with E-state index in [2.05, 4.69) is 22.2 Å². The van der Waals surface area contributed by atoms with E-state index in [4.69, 9.17) is 4.74 Å². The van der Waals surface area contributed by atoms with Crippen molar-refractivity contribution < 1.29 is 4.74 Å². The summed E-state index contributed by atoms with van der Waals surface area (Å²) >= 11 is 0. The second kappa shape index (κ2) is 6.82. The first-order chi connectivity index (χ1) is 7.76. The van der Waals surface area contributed by atoms with Crippen LogP contribution < -0.4 is 10.1 Å². The molecule has 4 nitrogen and oxygen atoms in total. The molecule has 0 saturated heterocycles. The van der Waals surface area contributed by atoms with Gasteiger partial charge in [0.2, 0.25) is 11.8 Å². The zero-order chi connectivity index (χ0) is 11.8. The van der Waals surface area contributed by atoms with E-state index in [-0.39, 0.29) is 0 Å². The second-order valence-electron chi connectivity index (χ2n) is 3.48. The number of nitrogens with zero attached hydrogens (tertiary/aromatic N) is 2. The number of hydrogen-bond donors (Lipinski definition) is 1. The van der Waals surface area contributed by atoms with Gasteiger partial charge < -0.3 is 10.1 Å². The zero-order valence-electron chi connectivity index (χ0n) is 10.2. The number of nitrogens with one attached hydrogen (secondary N) is 1. The van der Waals surface area contributed by atoms with Gasteiger partial charge in [0, 0.05) is 18.3 Å². The normalized spacial score (nSPS) is 10.7. The maximum absolute atomic E-state index is 5.47. The van der Waals surface area contributed by atoms with Crippen molar-refractivity contribution >= 4 is 5.95 Å². The van der Waals surface area contributed by atoms with Crippen molar-refractivity contribution in [1.82, 2.24) is 9.97 Å². The van der Waals surface area contributed by atoms with E-state index in [9.17, 15) is 0 Å². The van der Waals surface area contributed by atoms with Crippen molar-refractivity contribution in [3.05, 3.63) is 23.9 Å². The third-order valence-electron chi connectivity index (χ3n) is 1.93. The first kappa shape index (κ1) is 12.5. The number of ether oxygens (including phenoxy) is 1. The highest BCUT2D eigenvalue weighted by Crippen LogP contribution is 2.11. The summed E-state index contributed by atoms with van der Waals surface area (Å²) in [6.45, 7) is 7.41. The van der Waals surface area contributed by atoms with Crippen LogP contribution in [0.2, 0.25) is 0 Å². The molecule has 0 aliphatic rings. The van der Waals surface area contributed by atoms with Gasteiger partial charge >= 0.3 is 0 Å². The highest BCUT2D eigenvalue weighted by Gasteiger charge is 2.01. The molecule has 1 rings (SSSR count).